The molecule has 0 saturated heterocycles. The molecule has 0 radical (unpaired) electrons. The number of pyridine rings is 1. The fraction of sp³-hybridized carbons (Fsp3) is 0.0526. The highest BCUT2D eigenvalue weighted by molar-refractivity contribution is 7.19. The number of aromatic nitrogens is 4. The van der Waals surface area contributed by atoms with Gasteiger partial charge in [-0.25, -0.2) is 4.98 Å². The molecule has 0 fully saturated rings. The summed E-state index contributed by atoms with van der Waals surface area (Å²) in [5.41, 5.74) is 1.98. The van der Waals surface area contributed by atoms with Gasteiger partial charge in [-0.1, -0.05) is 53.8 Å². The number of methoxy groups -OCH3 is 1. The molecule has 1 aromatic carbocycles. The summed E-state index contributed by atoms with van der Waals surface area (Å²) in [4.78, 5) is 21.9. The van der Waals surface area contributed by atoms with Crippen molar-refractivity contribution >= 4 is 28.4 Å². The zero-order valence-corrected chi connectivity index (χ0v) is 14.7. The highest BCUT2D eigenvalue weighted by Gasteiger charge is 2.16. The number of benzene rings is 1. The predicted molar refractivity (Wildman–Crippen MR) is 102 cm³/mol. The molecule has 0 amide bonds. The Balaban J connectivity index is 1.83. The molecule has 4 aromatic rings. The van der Waals surface area contributed by atoms with Crippen LogP contribution >= 0.6 is 11.3 Å². The summed E-state index contributed by atoms with van der Waals surface area (Å²) in [6, 6.07) is 13.5. The van der Waals surface area contributed by atoms with Crippen LogP contribution < -0.4 is 10.3 Å². The quantitative estimate of drug-likeness (QED) is 0.557. The van der Waals surface area contributed by atoms with E-state index in [1.165, 1.54) is 23.0 Å². The van der Waals surface area contributed by atoms with Gasteiger partial charge < -0.3 is 4.74 Å². The summed E-state index contributed by atoms with van der Waals surface area (Å²) in [5.74, 6) is 0.160. The largest absolute Gasteiger partial charge is 0.490 e. The molecule has 0 bridgehead atoms. The molecule has 0 spiro atoms. The van der Waals surface area contributed by atoms with Crippen LogP contribution in [0.3, 0.4) is 0 Å². The molecule has 26 heavy (non-hydrogen) atoms. The van der Waals surface area contributed by atoms with Crippen LogP contribution in [0.4, 0.5) is 0 Å². The normalized spacial score (nSPS) is 11.3. The Morgan fingerprint density at radius 1 is 1.12 bits per heavy atom. The van der Waals surface area contributed by atoms with Gasteiger partial charge in [-0.3, -0.25) is 9.78 Å². The first-order chi connectivity index (χ1) is 12.8. The maximum atomic E-state index is 12.7. The van der Waals surface area contributed by atoms with E-state index in [2.05, 4.69) is 15.1 Å². The smallest absolute Gasteiger partial charge is 0.318 e. The molecule has 0 aliphatic rings. The maximum absolute atomic E-state index is 12.7. The van der Waals surface area contributed by atoms with Gasteiger partial charge in [0, 0.05) is 18.0 Å². The average molecular weight is 362 g/mol. The summed E-state index contributed by atoms with van der Waals surface area (Å²) < 4.78 is 6.57. The lowest BCUT2D eigenvalue weighted by Crippen LogP contribution is -2.18. The third-order valence-electron chi connectivity index (χ3n) is 3.74. The first-order valence-corrected chi connectivity index (χ1v) is 8.69. The number of nitrogens with zero attached hydrogens (tertiary/aromatic N) is 4. The van der Waals surface area contributed by atoms with E-state index in [4.69, 9.17) is 4.74 Å². The van der Waals surface area contributed by atoms with E-state index >= 15 is 0 Å². The van der Waals surface area contributed by atoms with E-state index in [9.17, 15) is 4.79 Å². The van der Waals surface area contributed by atoms with Gasteiger partial charge in [-0.15, -0.1) is 0 Å². The molecule has 0 N–H and O–H groups in total. The van der Waals surface area contributed by atoms with Crippen LogP contribution in [0.15, 0.2) is 59.7 Å². The van der Waals surface area contributed by atoms with Gasteiger partial charge >= 0.3 is 5.56 Å². The predicted octanol–water partition coefficient (Wildman–Crippen LogP) is 3.39. The van der Waals surface area contributed by atoms with Crippen molar-refractivity contribution in [2.45, 2.75) is 0 Å². The second-order valence-corrected chi connectivity index (χ2v) is 6.38. The second-order valence-electron chi connectivity index (χ2n) is 5.42. The standard InChI is InChI=1S/C19H14N4O2S/c1-25-16-15(10-9-13-6-5-11-20-12-13)21-19-23(18(16)24)22-17(26-19)14-7-3-2-4-8-14/h2-12H,1H3. The Kier molecular flexibility index (Phi) is 4.28. The fourth-order valence-corrected chi connectivity index (χ4v) is 3.40. The van der Waals surface area contributed by atoms with Crippen LogP contribution in [0, 0.1) is 0 Å². The van der Waals surface area contributed by atoms with E-state index in [0.717, 1.165) is 16.1 Å². The van der Waals surface area contributed by atoms with Gasteiger partial charge in [0.15, 0.2) is 0 Å². The number of fused-ring (bicyclic) bond motifs is 1. The SMILES string of the molecule is COc1c(C=Cc2cccnc2)nc2sc(-c3ccccc3)nn2c1=O. The van der Waals surface area contributed by atoms with Crippen LogP contribution in [0.5, 0.6) is 5.75 Å². The summed E-state index contributed by atoms with van der Waals surface area (Å²) in [5, 5.41) is 5.12. The Morgan fingerprint density at radius 2 is 1.96 bits per heavy atom. The molecular weight excluding hydrogens is 348 g/mol. The van der Waals surface area contributed by atoms with Gasteiger partial charge in [0.25, 0.3) is 0 Å². The molecule has 128 valence electrons. The van der Waals surface area contributed by atoms with Crippen molar-refractivity contribution < 1.29 is 4.74 Å². The van der Waals surface area contributed by atoms with Gasteiger partial charge in [0.1, 0.15) is 10.7 Å². The summed E-state index contributed by atoms with van der Waals surface area (Å²) in [6.45, 7) is 0. The van der Waals surface area contributed by atoms with Gasteiger partial charge in [0.05, 0.1) is 7.11 Å². The molecule has 3 heterocycles. The molecule has 6 nitrogen and oxygen atoms in total. The maximum Gasteiger partial charge on any atom is 0.318 e. The number of hydrogen-bond acceptors (Lipinski definition) is 6. The van der Waals surface area contributed by atoms with Crippen molar-refractivity contribution in [3.05, 3.63) is 76.5 Å². The van der Waals surface area contributed by atoms with Crippen molar-refractivity contribution in [2.24, 2.45) is 0 Å². The van der Waals surface area contributed by atoms with E-state index in [0.29, 0.717) is 10.7 Å². The van der Waals surface area contributed by atoms with Crippen molar-refractivity contribution in [3.63, 3.8) is 0 Å². The Morgan fingerprint density at radius 3 is 2.69 bits per heavy atom. The molecule has 3 aromatic heterocycles. The van der Waals surface area contributed by atoms with Crippen LogP contribution in [0.2, 0.25) is 0 Å². The first kappa shape index (κ1) is 16.2. The van der Waals surface area contributed by atoms with E-state index in [-0.39, 0.29) is 11.3 Å². The third kappa shape index (κ3) is 3.00. The minimum absolute atomic E-state index is 0.160. The van der Waals surface area contributed by atoms with Gasteiger partial charge in [-0.2, -0.15) is 9.61 Å². The van der Waals surface area contributed by atoms with Crippen LogP contribution in [-0.2, 0) is 0 Å². The zero-order chi connectivity index (χ0) is 17.9. The van der Waals surface area contributed by atoms with Crippen molar-refractivity contribution in [1.82, 2.24) is 19.6 Å². The Labute approximate surface area is 153 Å². The number of rotatable bonds is 4. The Hall–Kier alpha value is -3.32. The van der Waals surface area contributed by atoms with Gasteiger partial charge in [0.2, 0.25) is 10.7 Å². The minimum atomic E-state index is -0.332. The van der Waals surface area contributed by atoms with Crippen molar-refractivity contribution in [1.29, 1.82) is 0 Å². The fourth-order valence-electron chi connectivity index (χ4n) is 2.50. The van der Waals surface area contributed by atoms with E-state index < -0.39 is 0 Å². The van der Waals surface area contributed by atoms with E-state index in [1.807, 2.05) is 48.5 Å². The van der Waals surface area contributed by atoms with Crippen LogP contribution in [-0.4, -0.2) is 26.7 Å². The molecule has 0 aliphatic carbocycles. The lowest BCUT2D eigenvalue weighted by Gasteiger charge is -2.03. The highest BCUT2D eigenvalue weighted by atomic mass is 32.1. The molecule has 4 rings (SSSR count). The first-order valence-electron chi connectivity index (χ1n) is 7.87. The molecule has 0 atom stereocenters. The number of ether oxygens (including phenoxy) is 1. The Bertz CT molecular complexity index is 1130. The van der Waals surface area contributed by atoms with Crippen LogP contribution in [0.25, 0.3) is 27.7 Å². The second kappa shape index (κ2) is 6.89. The van der Waals surface area contributed by atoms with Crippen molar-refractivity contribution in [2.75, 3.05) is 7.11 Å². The minimum Gasteiger partial charge on any atom is -0.490 e. The van der Waals surface area contributed by atoms with Crippen molar-refractivity contribution in [3.8, 4) is 16.3 Å². The average Bonchev–Trinajstić information content (AvgIpc) is 3.12. The summed E-state index contributed by atoms with van der Waals surface area (Å²) >= 11 is 1.36. The molecule has 0 saturated carbocycles. The molecule has 0 aliphatic heterocycles. The monoisotopic (exact) mass is 362 g/mol. The van der Waals surface area contributed by atoms with Gasteiger partial charge in [-0.05, 0) is 17.7 Å². The lowest BCUT2D eigenvalue weighted by atomic mass is 10.2. The summed E-state index contributed by atoms with van der Waals surface area (Å²) in [6.07, 6.45) is 7.03. The lowest BCUT2D eigenvalue weighted by molar-refractivity contribution is 0.403. The highest BCUT2D eigenvalue weighted by Crippen LogP contribution is 2.25. The molecule has 0 unspecified atom stereocenters. The topological polar surface area (TPSA) is 69.4 Å². The number of hydrogen-bond donors (Lipinski definition) is 0. The van der Waals surface area contributed by atoms with E-state index in [1.54, 1.807) is 18.5 Å². The zero-order valence-electron chi connectivity index (χ0n) is 13.9. The molecular formula is C19H14N4O2S. The third-order valence-corrected chi connectivity index (χ3v) is 4.70. The van der Waals surface area contributed by atoms with Crippen LogP contribution in [0.1, 0.15) is 11.3 Å². The summed E-state index contributed by atoms with van der Waals surface area (Å²) in [7, 11) is 1.46. The molecule has 7 heteroatoms.